The van der Waals surface area contributed by atoms with Gasteiger partial charge in [0, 0.05) is 12.1 Å². The van der Waals surface area contributed by atoms with E-state index in [1.54, 1.807) is 6.07 Å². The standard InChI is InChI=1S/C10H11NO3/c12-9-7(10(13)14)2-1-6-3-4-11-5-8(6)9/h1-2,11-12H,3-5H2,(H,13,14). The first kappa shape index (κ1) is 9.02. The van der Waals surface area contributed by atoms with Gasteiger partial charge < -0.3 is 15.5 Å². The maximum absolute atomic E-state index is 10.7. The van der Waals surface area contributed by atoms with Crippen molar-refractivity contribution in [1.29, 1.82) is 0 Å². The monoisotopic (exact) mass is 193 g/mol. The van der Waals surface area contributed by atoms with Crippen LogP contribution in [0.3, 0.4) is 0 Å². The minimum absolute atomic E-state index is 0.0209. The zero-order valence-electron chi connectivity index (χ0n) is 7.58. The van der Waals surface area contributed by atoms with Crippen molar-refractivity contribution >= 4 is 5.97 Å². The summed E-state index contributed by atoms with van der Waals surface area (Å²) in [5, 5.41) is 21.6. The second-order valence-electron chi connectivity index (χ2n) is 3.33. The highest BCUT2D eigenvalue weighted by Crippen LogP contribution is 2.28. The SMILES string of the molecule is O=C(O)c1ccc2c(c1O)CNCC2. The van der Waals surface area contributed by atoms with E-state index in [1.165, 1.54) is 6.07 Å². The van der Waals surface area contributed by atoms with Gasteiger partial charge in [0.05, 0.1) is 0 Å². The van der Waals surface area contributed by atoms with Gasteiger partial charge in [-0.05, 0) is 24.6 Å². The van der Waals surface area contributed by atoms with Crippen LogP contribution in [-0.4, -0.2) is 22.7 Å². The summed E-state index contributed by atoms with van der Waals surface area (Å²) in [6.45, 7) is 1.42. The first-order valence-electron chi connectivity index (χ1n) is 4.48. The summed E-state index contributed by atoms with van der Waals surface area (Å²) in [7, 11) is 0. The van der Waals surface area contributed by atoms with Crippen LogP contribution in [0, 0.1) is 0 Å². The fourth-order valence-corrected chi connectivity index (χ4v) is 1.72. The van der Waals surface area contributed by atoms with E-state index in [0.29, 0.717) is 6.54 Å². The number of hydrogen-bond donors (Lipinski definition) is 3. The van der Waals surface area contributed by atoms with Crippen LogP contribution in [0.15, 0.2) is 12.1 Å². The van der Waals surface area contributed by atoms with Gasteiger partial charge in [0.2, 0.25) is 0 Å². The molecule has 1 aromatic carbocycles. The van der Waals surface area contributed by atoms with Crippen LogP contribution in [-0.2, 0) is 13.0 Å². The number of carboxylic acids is 1. The molecule has 1 aromatic rings. The second kappa shape index (κ2) is 3.31. The molecule has 1 heterocycles. The molecule has 0 aromatic heterocycles. The number of carbonyl (C=O) groups is 1. The lowest BCUT2D eigenvalue weighted by Crippen LogP contribution is -2.24. The molecule has 3 N–H and O–H groups in total. The van der Waals surface area contributed by atoms with Gasteiger partial charge in [0.15, 0.2) is 0 Å². The van der Waals surface area contributed by atoms with Crippen molar-refractivity contribution in [3.05, 3.63) is 28.8 Å². The molecule has 0 fully saturated rings. The molecule has 1 aliphatic heterocycles. The Hall–Kier alpha value is -1.55. The number of benzene rings is 1. The third-order valence-corrected chi connectivity index (χ3v) is 2.48. The molecule has 0 spiro atoms. The lowest BCUT2D eigenvalue weighted by Gasteiger charge is -2.18. The fourth-order valence-electron chi connectivity index (χ4n) is 1.72. The summed E-state index contributed by atoms with van der Waals surface area (Å²) in [5.74, 6) is -1.18. The highest BCUT2D eigenvalue weighted by atomic mass is 16.4. The van der Waals surface area contributed by atoms with Crippen molar-refractivity contribution in [2.75, 3.05) is 6.54 Å². The Morgan fingerprint density at radius 1 is 1.43 bits per heavy atom. The van der Waals surface area contributed by atoms with Gasteiger partial charge in [0.1, 0.15) is 11.3 Å². The highest BCUT2D eigenvalue weighted by Gasteiger charge is 2.18. The molecular weight excluding hydrogens is 182 g/mol. The molecule has 2 rings (SSSR count). The van der Waals surface area contributed by atoms with Gasteiger partial charge in [-0.3, -0.25) is 0 Å². The largest absolute Gasteiger partial charge is 0.507 e. The number of nitrogens with one attached hydrogen (secondary N) is 1. The maximum atomic E-state index is 10.7. The zero-order chi connectivity index (χ0) is 10.1. The predicted molar refractivity (Wildman–Crippen MR) is 50.5 cm³/mol. The summed E-state index contributed by atoms with van der Waals surface area (Å²) >= 11 is 0. The van der Waals surface area contributed by atoms with Gasteiger partial charge in [-0.2, -0.15) is 0 Å². The van der Waals surface area contributed by atoms with Crippen molar-refractivity contribution in [2.45, 2.75) is 13.0 Å². The quantitative estimate of drug-likeness (QED) is 0.615. The van der Waals surface area contributed by atoms with Crippen LogP contribution in [0.1, 0.15) is 21.5 Å². The van der Waals surface area contributed by atoms with E-state index in [2.05, 4.69) is 5.32 Å². The number of aromatic carboxylic acids is 1. The van der Waals surface area contributed by atoms with Gasteiger partial charge >= 0.3 is 5.97 Å². The zero-order valence-corrected chi connectivity index (χ0v) is 7.58. The van der Waals surface area contributed by atoms with E-state index in [9.17, 15) is 9.90 Å². The van der Waals surface area contributed by atoms with Gasteiger partial charge in [-0.15, -0.1) is 0 Å². The number of phenols is 1. The van der Waals surface area contributed by atoms with Crippen LogP contribution in [0.2, 0.25) is 0 Å². The molecule has 0 amide bonds. The van der Waals surface area contributed by atoms with E-state index >= 15 is 0 Å². The molecule has 0 unspecified atom stereocenters. The molecule has 0 saturated carbocycles. The van der Waals surface area contributed by atoms with Crippen LogP contribution in [0.4, 0.5) is 0 Å². The van der Waals surface area contributed by atoms with Gasteiger partial charge in [0.25, 0.3) is 0 Å². The first-order chi connectivity index (χ1) is 6.70. The minimum Gasteiger partial charge on any atom is -0.507 e. The molecule has 0 bridgehead atoms. The first-order valence-corrected chi connectivity index (χ1v) is 4.48. The average molecular weight is 193 g/mol. The van der Waals surface area contributed by atoms with Crippen LogP contribution < -0.4 is 5.32 Å². The molecule has 1 aliphatic rings. The topological polar surface area (TPSA) is 69.6 Å². The van der Waals surface area contributed by atoms with Crippen molar-refractivity contribution in [3.63, 3.8) is 0 Å². The third kappa shape index (κ3) is 1.33. The van der Waals surface area contributed by atoms with Gasteiger partial charge in [-0.1, -0.05) is 6.07 Å². The Labute approximate surface area is 81.2 Å². The number of hydrogen-bond acceptors (Lipinski definition) is 3. The summed E-state index contributed by atoms with van der Waals surface area (Å²) in [6, 6.07) is 3.24. The predicted octanol–water partition coefficient (Wildman–Crippen LogP) is 0.736. The molecule has 14 heavy (non-hydrogen) atoms. The molecule has 0 aliphatic carbocycles. The lowest BCUT2D eigenvalue weighted by atomic mass is 9.97. The van der Waals surface area contributed by atoms with Gasteiger partial charge in [-0.25, -0.2) is 4.79 Å². The Morgan fingerprint density at radius 3 is 2.93 bits per heavy atom. The highest BCUT2D eigenvalue weighted by molar-refractivity contribution is 5.91. The van der Waals surface area contributed by atoms with E-state index in [-0.39, 0.29) is 11.3 Å². The number of rotatable bonds is 1. The summed E-state index contributed by atoms with van der Waals surface area (Å²) in [4.78, 5) is 10.7. The van der Waals surface area contributed by atoms with Crippen LogP contribution >= 0.6 is 0 Å². The second-order valence-corrected chi connectivity index (χ2v) is 3.33. The van der Waals surface area contributed by atoms with E-state index < -0.39 is 5.97 Å². The Bertz CT molecular complexity index is 387. The molecule has 4 nitrogen and oxygen atoms in total. The van der Waals surface area contributed by atoms with Crippen molar-refractivity contribution < 1.29 is 15.0 Å². The Balaban J connectivity index is 2.54. The van der Waals surface area contributed by atoms with Crippen molar-refractivity contribution in [3.8, 4) is 5.75 Å². The van der Waals surface area contributed by atoms with Crippen molar-refractivity contribution in [1.82, 2.24) is 5.32 Å². The smallest absolute Gasteiger partial charge is 0.339 e. The van der Waals surface area contributed by atoms with Crippen LogP contribution in [0.5, 0.6) is 5.75 Å². The Morgan fingerprint density at radius 2 is 2.21 bits per heavy atom. The van der Waals surface area contributed by atoms with E-state index in [0.717, 1.165) is 24.1 Å². The van der Waals surface area contributed by atoms with E-state index in [1.807, 2.05) is 0 Å². The maximum Gasteiger partial charge on any atom is 0.339 e. The Kier molecular flexibility index (Phi) is 2.13. The summed E-state index contributed by atoms with van der Waals surface area (Å²) < 4.78 is 0. The normalized spacial score (nSPS) is 14.9. The minimum atomic E-state index is -1.09. The molecule has 4 heteroatoms. The lowest BCUT2D eigenvalue weighted by molar-refractivity contribution is 0.0693. The molecule has 74 valence electrons. The van der Waals surface area contributed by atoms with Crippen molar-refractivity contribution in [2.24, 2.45) is 0 Å². The molecule has 0 atom stereocenters. The average Bonchev–Trinajstić information content (AvgIpc) is 2.18. The number of fused-ring (bicyclic) bond motifs is 1. The summed E-state index contributed by atoms with van der Waals surface area (Å²) in [5.41, 5.74) is 1.73. The summed E-state index contributed by atoms with van der Waals surface area (Å²) in [6.07, 6.45) is 0.836. The number of carboxylic acid groups (broad SMARTS) is 1. The molecule has 0 saturated heterocycles. The molecule has 0 radical (unpaired) electrons. The van der Waals surface area contributed by atoms with Crippen LogP contribution in [0.25, 0.3) is 0 Å². The molecular formula is C10H11NO3. The van der Waals surface area contributed by atoms with E-state index in [4.69, 9.17) is 5.11 Å². The third-order valence-electron chi connectivity index (χ3n) is 2.48. The fraction of sp³-hybridized carbons (Fsp3) is 0.300. The number of aromatic hydroxyl groups is 1.